The van der Waals surface area contributed by atoms with Gasteiger partial charge in [0.15, 0.2) is 0 Å². The number of hydrogen-bond acceptors (Lipinski definition) is 4. The van der Waals surface area contributed by atoms with Gasteiger partial charge in [-0.25, -0.2) is 0 Å². The van der Waals surface area contributed by atoms with E-state index < -0.39 is 0 Å². The minimum absolute atomic E-state index is 0.00947. The van der Waals surface area contributed by atoms with Crippen LogP contribution in [-0.4, -0.2) is 30.4 Å². The summed E-state index contributed by atoms with van der Waals surface area (Å²) in [4.78, 5) is 11.5. The lowest BCUT2D eigenvalue weighted by molar-refractivity contribution is -0.149. The predicted molar refractivity (Wildman–Crippen MR) is 82.8 cm³/mol. The van der Waals surface area contributed by atoms with Crippen LogP contribution in [0.4, 0.5) is 0 Å². The van der Waals surface area contributed by atoms with E-state index in [2.05, 4.69) is 33.8 Å². The molecule has 21 heavy (non-hydrogen) atoms. The van der Waals surface area contributed by atoms with Crippen molar-refractivity contribution in [2.24, 2.45) is 0 Å². The molecule has 0 bridgehead atoms. The Hall–Kier alpha value is -0.805. The van der Waals surface area contributed by atoms with Crippen LogP contribution < -0.4 is 0 Å². The third kappa shape index (κ3) is 3.69. The van der Waals surface area contributed by atoms with Crippen molar-refractivity contribution in [2.45, 2.75) is 84.0 Å². The van der Waals surface area contributed by atoms with Crippen molar-refractivity contribution < 1.29 is 18.8 Å². The monoisotopic (exact) mass is 294 g/mol. The van der Waals surface area contributed by atoms with Gasteiger partial charge in [-0.15, -0.1) is 0 Å². The summed E-state index contributed by atoms with van der Waals surface area (Å²) in [5.41, 5.74) is 0.572. The van der Waals surface area contributed by atoms with E-state index in [0.717, 1.165) is 25.7 Å². The molecule has 0 aromatic heterocycles. The lowest BCUT2D eigenvalue weighted by atomic mass is 9.72. The Morgan fingerprint density at radius 3 is 2.43 bits per heavy atom. The van der Waals surface area contributed by atoms with Crippen molar-refractivity contribution in [3.05, 3.63) is 11.5 Å². The summed E-state index contributed by atoms with van der Waals surface area (Å²) in [6.45, 7) is 10.2. The Labute approximate surface area is 128 Å². The largest absolute Gasteiger partial charge is 0.490 e. The van der Waals surface area contributed by atoms with Crippen molar-refractivity contribution in [1.82, 2.24) is 0 Å². The van der Waals surface area contributed by atoms with Crippen molar-refractivity contribution in [1.29, 1.82) is 0 Å². The van der Waals surface area contributed by atoms with Gasteiger partial charge in [-0.05, 0) is 52.4 Å². The van der Waals surface area contributed by atoms with E-state index in [0.29, 0.717) is 6.42 Å². The first-order valence-corrected chi connectivity index (χ1v) is 7.99. The molecule has 0 radical (unpaired) electrons. The smallest absolute Gasteiger partial charge is 0.462 e. The molecule has 1 unspecified atom stereocenters. The second-order valence-corrected chi connectivity index (χ2v) is 7.00. The van der Waals surface area contributed by atoms with Crippen molar-refractivity contribution in [3.8, 4) is 0 Å². The lowest BCUT2D eigenvalue weighted by Crippen LogP contribution is -2.41. The SMILES string of the molecule is CCCC(=O)OC1CC=C(B2OC(C)(C)C(C)(C)O2)CC1. The lowest BCUT2D eigenvalue weighted by Gasteiger charge is -2.32. The van der Waals surface area contributed by atoms with E-state index in [1.54, 1.807) is 0 Å². The molecule has 1 heterocycles. The summed E-state index contributed by atoms with van der Waals surface area (Å²) in [5.74, 6) is -0.0880. The van der Waals surface area contributed by atoms with Crippen LogP contribution in [-0.2, 0) is 18.8 Å². The van der Waals surface area contributed by atoms with Crippen molar-refractivity contribution in [3.63, 3.8) is 0 Å². The fourth-order valence-corrected chi connectivity index (χ4v) is 2.59. The van der Waals surface area contributed by atoms with E-state index in [-0.39, 0.29) is 30.4 Å². The van der Waals surface area contributed by atoms with Crippen LogP contribution in [0.15, 0.2) is 11.5 Å². The van der Waals surface area contributed by atoms with Crippen LogP contribution in [0.2, 0.25) is 0 Å². The van der Waals surface area contributed by atoms with Crippen molar-refractivity contribution >= 4 is 13.1 Å². The number of allylic oxidation sites excluding steroid dienone is 1. The van der Waals surface area contributed by atoms with Crippen molar-refractivity contribution in [2.75, 3.05) is 0 Å². The molecule has 0 saturated carbocycles. The normalized spacial score (nSPS) is 27.4. The van der Waals surface area contributed by atoms with Gasteiger partial charge in [0.05, 0.1) is 11.2 Å². The highest BCUT2D eigenvalue weighted by Crippen LogP contribution is 2.40. The number of hydrogen-bond donors (Lipinski definition) is 0. The van der Waals surface area contributed by atoms with Gasteiger partial charge in [-0.2, -0.15) is 0 Å². The fraction of sp³-hybridized carbons (Fsp3) is 0.812. The van der Waals surface area contributed by atoms with Gasteiger partial charge >= 0.3 is 13.1 Å². The molecule has 0 amide bonds. The summed E-state index contributed by atoms with van der Waals surface area (Å²) in [6, 6.07) is 0. The van der Waals surface area contributed by atoms with Crippen LogP contribution >= 0.6 is 0 Å². The van der Waals surface area contributed by atoms with Crippen LogP contribution in [0.3, 0.4) is 0 Å². The Bertz CT molecular complexity index is 412. The zero-order chi connectivity index (χ0) is 15.7. The molecule has 1 saturated heterocycles. The van der Waals surface area contributed by atoms with E-state index in [1.807, 2.05) is 6.92 Å². The molecule has 0 N–H and O–H groups in total. The molecule has 118 valence electrons. The van der Waals surface area contributed by atoms with E-state index in [4.69, 9.17) is 14.0 Å². The topological polar surface area (TPSA) is 44.8 Å². The molecular weight excluding hydrogens is 267 g/mol. The highest BCUT2D eigenvalue weighted by atomic mass is 16.7. The molecule has 2 aliphatic rings. The Morgan fingerprint density at radius 1 is 1.33 bits per heavy atom. The van der Waals surface area contributed by atoms with Gasteiger partial charge < -0.3 is 14.0 Å². The summed E-state index contributed by atoms with van der Waals surface area (Å²) in [7, 11) is -0.262. The molecule has 5 heteroatoms. The first kappa shape index (κ1) is 16.6. The number of ether oxygens (including phenoxy) is 1. The van der Waals surface area contributed by atoms with Gasteiger partial charge in [-0.3, -0.25) is 4.79 Å². The zero-order valence-corrected chi connectivity index (χ0v) is 13.9. The Balaban J connectivity index is 1.91. The van der Waals surface area contributed by atoms with E-state index >= 15 is 0 Å². The maximum Gasteiger partial charge on any atom is 0.490 e. The summed E-state index contributed by atoms with van der Waals surface area (Å²) in [6.07, 6.45) is 5.94. The van der Waals surface area contributed by atoms with Gasteiger partial charge in [-0.1, -0.05) is 13.0 Å². The molecule has 4 nitrogen and oxygen atoms in total. The average Bonchev–Trinajstić information content (AvgIpc) is 2.59. The fourth-order valence-electron chi connectivity index (χ4n) is 2.59. The number of carbonyl (C=O) groups is 1. The summed E-state index contributed by atoms with van der Waals surface area (Å²) >= 11 is 0. The van der Waals surface area contributed by atoms with Crippen LogP contribution in [0.5, 0.6) is 0 Å². The van der Waals surface area contributed by atoms with Gasteiger partial charge in [0.1, 0.15) is 6.10 Å². The first-order chi connectivity index (χ1) is 9.75. The van der Waals surface area contributed by atoms with E-state index in [9.17, 15) is 4.79 Å². The molecule has 1 fully saturated rings. The highest BCUT2D eigenvalue weighted by molar-refractivity contribution is 6.54. The molecule has 1 aliphatic heterocycles. The summed E-state index contributed by atoms with van der Waals surface area (Å²) < 4.78 is 17.6. The molecule has 0 spiro atoms. The second kappa shape index (κ2) is 6.13. The zero-order valence-electron chi connectivity index (χ0n) is 13.9. The minimum Gasteiger partial charge on any atom is -0.462 e. The molecule has 0 aromatic carbocycles. The van der Waals surface area contributed by atoms with Crippen LogP contribution in [0.25, 0.3) is 0 Å². The molecule has 2 rings (SSSR count). The van der Waals surface area contributed by atoms with Gasteiger partial charge in [0.2, 0.25) is 0 Å². The molecular formula is C16H27BO4. The highest BCUT2D eigenvalue weighted by Gasteiger charge is 2.52. The van der Waals surface area contributed by atoms with Gasteiger partial charge in [0, 0.05) is 12.8 Å². The minimum atomic E-state index is -0.303. The standard InChI is InChI=1S/C16H27BO4/c1-6-7-14(18)19-13-10-8-12(9-11-13)17-20-15(2,3)16(4,5)21-17/h8,13H,6-7,9-11H2,1-5H3. The predicted octanol–water partition coefficient (Wildman–Crippen LogP) is 3.44. The number of rotatable bonds is 4. The Kier molecular flexibility index (Phi) is 4.84. The second-order valence-electron chi connectivity index (χ2n) is 7.00. The number of carbonyl (C=O) groups excluding carboxylic acids is 1. The first-order valence-electron chi connectivity index (χ1n) is 7.99. The maximum atomic E-state index is 11.5. The quantitative estimate of drug-likeness (QED) is 0.588. The van der Waals surface area contributed by atoms with Gasteiger partial charge in [0.25, 0.3) is 0 Å². The average molecular weight is 294 g/mol. The molecule has 1 atom stereocenters. The third-order valence-electron chi connectivity index (χ3n) is 4.71. The number of esters is 1. The maximum absolute atomic E-state index is 11.5. The third-order valence-corrected chi connectivity index (χ3v) is 4.71. The van der Waals surface area contributed by atoms with Crippen LogP contribution in [0, 0.1) is 0 Å². The van der Waals surface area contributed by atoms with E-state index in [1.165, 1.54) is 5.47 Å². The summed E-state index contributed by atoms with van der Waals surface area (Å²) in [5, 5.41) is 0. The van der Waals surface area contributed by atoms with Crippen LogP contribution in [0.1, 0.15) is 66.7 Å². The molecule has 1 aliphatic carbocycles. The molecule has 0 aromatic rings. The Morgan fingerprint density at radius 2 is 1.95 bits per heavy atom.